The van der Waals surface area contributed by atoms with Gasteiger partial charge < -0.3 is 5.11 Å². The number of thioether (sulfide) groups is 1. The van der Waals surface area contributed by atoms with Crippen LogP contribution in [0.15, 0.2) is 41.3 Å². The lowest BCUT2D eigenvalue weighted by molar-refractivity contribution is -0.140. The Morgan fingerprint density at radius 1 is 1.16 bits per heavy atom. The molecule has 1 N–H and O–H groups in total. The highest BCUT2D eigenvalue weighted by Gasteiger charge is 2.34. The molecule has 0 amide bonds. The van der Waals surface area contributed by atoms with Crippen molar-refractivity contribution in [1.29, 1.82) is 0 Å². The van der Waals surface area contributed by atoms with Crippen LogP contribution < -0.4 is 0 Å². The molecule has 0 aliphatic carbocycles. The van der Waals surface area contributed by atoms with Gasteiger partial charge in [0.15, 0.2) is 0 Å². The molecule has 0 atom stereocenters. The second-order valence-electron chi connectivity index (χ2n) is 6.79. The van der Waals surface area contributed by atoms with Crippen molar-refractivity contribution in [3.8, 4) is 10.6 Å². The summed E-state index contributed by atoms with van der Waals surface area (Å²) in [6.45, 7) is 1.80. The number of thiazole rings is 2. The van der Waals surface area contributed by atoms with E-state index < -0.39 is 23.5 Å². The molecule has 11 heteroatoms. The summed E-state index contributed by atoms with van der Waals surface area (Å²) < 4.78 is 53.2. The summed E-state index contributed by atoms with van der Waals surface area (Å²) in [5, 5.41) is 9.96. The van der Waals surface area contributed by atoms with Crippen LogP contribution in [0.1, 0.15) is 21.1 Å². The van der Waals surface area contributed by atoms with Crippen LogP contribution in [0.25, 0.3) is 20.8 Å². The molecule has 0 unspecified atom stereocenters. The lowest BCUT2D eigenvalue weighted by Gasteiger charge is -2.08. The van der Waals surface area contributed by atoms with Crippen molar-refractivity contribution in [3.63, 3.8) is 0 Å². The van der Waals surface area contributed by atoms with Gasteiger partial charge in [-0.2, -0.15) is 13.2 Å². The van der Waals surface area contributed by atoms with Crippen molar-refractivity contribution in [1.82, 2.24) is 9.97 Å². The molecule has 0 radical (unpaired) electrons. The lowest BCUT2D eigenvalue weighted by atomic mass is 10.1. The average Bonchev–Trinajstić information content (AvgIpc) is 3.27. The first-order chi connectivity index (χ1) is 15.1. The third-order valence-electron chi connectivity index (χ3n) is 4.50. The Kier molecular flexibility index (Phi) is 6.24. The molecule has 4 rings (SSSR count). The van der Waals surface area contributed by atoms with Crippen molar-refractivity contribution in [2.75, 3.05) is 0 Å². The molecule has 0 saturated heterocycles. The molecule has 0 bridgehead atoms. The lowest BCUT2D eigenvalue weighted by Crippen LogP contribution is -2.07. The fourth-order valence-electron chi connectivity index (χ4n) is 3.00. The van der Waals surface area contributed by atoms with Crippen molar-refractivity contribution in [3.05, 3.63) is 63.4 Å². The van der Waals surface area contributed by atoms with E-state index in [-0.39, 0.29) is 6.42 Å². The standard InChI is InChI=1S/C21H14F4N2O2S3/c1-10-16(32-20(26-10)11-5-6-12(13(22)7-11)21(23,24)25)9-30-14-3-2-4-15-19(14)27-17(31-15)8-18(28)29/h2-7H,8-9H2,1H3,(H,28,29). The van der Waals surface area contributed by atoms with E-state index in [0.717, 1.165) is 37.8 Å². The number of rotatable bonds is 6. The molecule has 2 aromatic carbocycles. The van der Waals surface area contributed by atoms with Crippen LogP contribution >= 0.6 is 34.4 Å². The van der Waals surface area contributed by atoms with Gasteiger partial charge in [-0.3, -0.25) is 4.79 Å². The third kappa shape index (κ3) is 4.79. The smallest absolute Gasteiger partial charge is 0.419 e. The SMILES string of the molecule is Cc1nc(-c2ccc(C(F)(F)F)c(F)c2)sc1CSc1cccc2sc(CC(=O)O)nc12. The number of benzene rings is 2. The van der Waals surface area contributed by atoms with Gasteiger partial charge in [-0.25, -0.2) is 14.4 Å². The van der Waals surface area contributed by atoms with Gasteiger partial charge in [-0.15, -0.1) is 34.4 Å². The number of para-hydroxylation sites is 1. The normalized spacial score (nSPS) is 11.9. The molecular weight excluding hydrogens is 484 g/mol. The summed E-state index contributed by atoms with van der Waals surface area (Å²) >= 11 is 4.15. The number of aryl methyl sites for hydroxylation is 1. The Hall–Kier alpha value is -2.50. The van der Waals surface area contributed by atoms with Crippen molar-refractivity contribution < 1.29 is 27.5 Å². The molecule has 0 spiro atoms. The zero-order chi connectivity index (χ0) is 23.0. The summed E-state index contributed by atoms with van der Waals surface area (Å²) in [7, 11) is 0. The molecule has 4 aromatic rings. The van der Waals surface area contributed by atoms with E-state index >= 15 is 0 Å². The minimum absolute atomic E-state index is 0.134. The van der Waals surface area contributed by atoms with Crippen LogP contribution in [0.4, 0.5) is 17.6 Å². The van der Waals surface area contributed by atoms with Gasteiger partial charge >= 0.3 is 12.1 Å². The maximum Gasteiger partial charge on any atom is 0.419 e. The summed E-state index contributed by atoms with van der Waals surface area (Å²) in [4.78, 5) is 21.6. The predicted octanol–water partition coefficient (Wildman–Crippen LogP) is 6.81. The predicted molar refractivity (Wildman–Crippen MR) is 118 cm³/mol. The van der Waals surface area contributed by atoms with Crippen molar-refractivity contribution >= 4 is 50.6 Å². The number of halogens is 4. The van der Waals surface area contributed by atoms with Crippen LogP contribution in [0.5, 0.6) is 0 Å². The van der Waals surface area contributed by atoms with Crippen molar-refractivity contribution in [2.24, 2.45) is 0 Å². The van der Waals surface area contributed by atoms with E-state index in [1.807, 2.05) is 18.2 Å². The average molecular weight is 499 g/mol. The molecular formula is C21H14F4N2O2S3. The first-order valence-electron chi connectivity index (χ1n) is 9.18. The summed E-state index contributed by atoms with van der Waals surface area (Å²) in [5.41, 5.74) is 0.449. The number of carbonyl (C=O) groups is 1. The fraction of sp³-hybridized carbons (Fsp3) is 0.190. The Morgan fingerprint density at radius 3 is 2.62 bits per heavy atom. The second kappa shape index (κ2) is 8.80. The number of aliphatic carboxylic acids is 1. The summed E-state index contributed by atoms with van der Waals surface area (Å²) in [5.74, 6) is -1.73. The fourth-order valence-corrected chi connectivity index (χ4v) is 6.28. The minimum Gasteiger partial charge on any atom is -0.481 e. The highest BCUT2D eigenvalue weighted by molar-refractivity contribution is 7.98. The maximum absolute atomic E-state index is 13.9. The number of alkyl halides is 3. The number of carboxylic acids is 1. The Labute approximate surface area is 192 Å². The number of carboxylic acid groups (broad SMARTS) is 1. The molecule has 0 aliphatic rings. The van der Waals surface area contributed by atoms with Gasteiger partial charge in [0.05, 0.1) is 27.9 Å². The van der Waals surface area contributed by atoms with E-state index in [1.165, 1.54) is 40.5 Å². The summed E-state index contributed by atoms with van der Waals surface area (Å²) in [6, 6.07) is 8.48. The first-order valence-corrected chi connectivity index (χ1v) is 11.8. The summed E-state index contributed by atoms with van der Waals surface area (Å²) in [6.07, 6.45) is -4.88. The van der Waals surface area contributed by atoms with Crippen LogP contribution in [0.2, 0.25) is 0 Å². The largest absolute Gasteiger partial charge is 0.481 e. The van der Waals surface area contributed by atoms with Gasteiger partial charge in [0.1, 0.15) is 15.8 Å². The Bertz CT molecular complexity index is 1310. The molecule has 0 fully saturated rings. The molecule has 2 heterocycles. The number of fused-ring (bicyclic) bond motifs is 1. The first kappa shape index (κ1) is 22.7. The Balaban J connectivity index is 1.55. The maximum atomic E-state index is 13.9. The quantitative estimate of drug-likeness (QED) is 0.234. The van der Waals surface area contributed by atoms with Gasteiger partial charge in [-0.1, -0.05) is 12.1 Å². The van der Waals surface area contributed by atoms with E-state index in [9.17, 15) is 22.4 Å². The van der Waals surface area contributed by atoms with Gasteiger partial charge in [0.2, 0.25) is 0 Å². The highest BCUT2D eigenvalue weighted by atomic mass is 32.2. The van der Waals surface area contributed by atoms with Gasteiger partial charge in [0.25, 0.3) is 0 Å². The number of nitrogens with zero attached hydrogens (tertiary/aromatic N) is 2. The van der Waals surface area contributed by atoms with Crippen LogP contribution in [-0.4, -0.2) is 21.0 Å². The van der Waals surface area contributed by atoms with E-state index in [4.69, 9.17) is 5.11 Å². The van der Waals surface area contributed by atoms with Gasteiger partial charge in [0, 0.05) is 21.1 Å². The second-order valence-corrected chi connectivity index (χ2v) is 10.0. The molecule has 166 valence electrons. The van der Waals surface area contributed by atoms with E-state index in [2.05, 4.69) is 9.97 Å². The number of aromatic nitrogens is 2. The van der Waals surface area contributed by atoms with Crippen LogP contribution in [-0.2, 0) is 23.1 Å². The minimum atomic E-state index is -4.75. The Morgan fingerprint density at radius 2 is 1.94 bits per heavy atom. The molecule has 2 aromatic heterocycles. The third-order valence-corrected chi connectivity index (χ3v) is 7.98. The highest BCUT2D eigenvalue weighted by Crippen LogP contribution is 2.38. The zero-order valence-corrected chi connectivity index (χ0v) is 18.8. The van der Waals surface area contributed by atoms with Crippen LogP contribution in [0, 0.1) is 12.7 Å². The number of hydrogen-bond acceptors (Lipinski definition) is 6. The van der Waals surface area contributed by atoms with Gasteiger partial charge in [-0.05, 0) is 31.2 Å². The molecule has 32 heavy (non-hydrogen) atoms. The molecule has 4 nitrogen and oxygen atoms in total. The van der Waals surface area contributed by atoms with Crippen LogP contribution in [0.3, 0.4) is 0 Å². The van der Waals surface area contributed by atoms with Crippen molar-refractivity contribution in [2.45, 2.75) is 30.2 Å². The monoisotopic (exact) mass is 498 g/mol. The van der Waals surface area contributed by atoms with E-state index in [1.54, 1.807) is 6.92 Å². The molecule has 0 saturated carbocycles. The number of hydrogen-bond donors (Lipinski definition) is 1. The zero-order valence-electron chi connectivity index (χ0n) is 16.4. The van der Waals surface area contributed by atoms with E-state index in [0.29, 0.717) is 21.3 Å². The molecule has 0 aliphatic heterocycles. The topological polar surface area (TPSA) is 63.1 Å².